The first-order chi connectivity index (χ1) is 16.8. The summed E-state index contributed by atoms with van der Waals surface area (Å²) in [4.78, 5) is 27.6. The third-order valence-electron chi connectivity index (χ3n) is 5.69. The first-order valence-corrected chi connectivity index (χ1v) is 13.1. The van der Waals surface area contributed by atoms with Crippen molar-refractivity contribution in [3.8, 4) is 0 Å². The summed E-state index contributed by atoms with van der Waals surface area (Å²) >= 11 is 0. The Hall–Kier alpha value is -3.69. The van der Waals surface area contributed by atoms with Crippen molar-refractivity contribution in [2.24, 2.45) is 0 Å². The molecule has 1 aliphatic heterocycles. The molecule has 1 fully saturated rings. The maximum atomic E-state index is 12.9. The molecule has 2 amide bonds. The molecule has 0 saturated carbocycles. The average Bonchev–Trinajstić information content (AvgIpc) is 2.88. The fourth-order valence-electron chi connectivity index (χ4n) is 3.83. The maximum Gasteiger partial charge on any atom is 0.256 e. The zero-order chi connectivity index (χ0) is 24.8. The van der Waals surface area contributed by atoms with Gasteiger partial charge in [0.25, 0.3) is 11.8 Å². The normalized spacial score (nSPS) is 13.8. The van der Waals surface area contributed by atoms with E-state index in [0.29, 0.717) is 48.8 Å². The van der Waals surface area contributed by atoms with Gasteiger partial charge in [0.05, 0.1) is 43.0 Å². The smallest absolute Gasteiger partial charge is 0.256 e. The van der Waals surface area contributed by atoms with Gasteiger partial charge in [0.1, 0.15) is 0 Å². The monoisotopic (exact) mass is 493 g/mol. The number of rotatable bonds is 7. The predicted octanol–water partition coefficient (Wildman–Crippen LogP) is 3.38. The Bertz CT molecular complexity index is 1290. The lowest BCUT2D eigenvalue weighted by Gasteiger charge is -2.27. The van der Waals surface area contributed by atoms with Crippen molar-refractivity contribution in [1.29, 1.82) is 0 Å². The molecule has 1 heterocycles. The summed E-state index contributed by atoms with van der Waals surface area (Å²) < 4.78 is 31.3. The molecule has 35 heavy (non-hydrogen) atoms. The molecule has 1 saturated heterocycles. The molecule has 0 bridgehead atoms. The van der Waals surface area contributed by atoms with E-state index in [4.69, 9.17) is 4.74 Å². The number of para-hydroxylation sites is 2. The molecule has 8 nitrogen and oxygen atoms in total. The quantitative estimate of drug-likeness (QED) is 0.544. The van der Waals surface area contributed by atoms with Crippen LogP contribution in [-0.4, -0.2) is 57.7 Å². The molecule has 4 rings (SSSR count). The molecule has 1 N–H and O–H groups in total. The number of nitrogens with zero attached hydrogens (tertiary/aromatic N) is 2. The van der Waals surface area contributed by atoms with Gasteiger partial charge in [0.2, 0.25) is 10.0 Å². The molecule has 182 valence electrons. The van der Waals surface area contributed by atoms with Crippen LogP contribution in [0.25, 0.3) is 0 Å². The Morgan fingerprint density at radius 1 is 0.914 bits per heavy atom. The van der Waals surface area contributed by atoms with Crippen molar-refractivity contribution < 1.29 is 22.7 Å². The highest BCUT2D eigenvalue weighted by atomic mass is 32.2. The summed E-state index contributed by atoms with van der Waals surface area (Å²) in [6.07, 6.45) is 1.16. The molecule has 0 spiro atoms. The molecule has 9 heteroatoms. The topological polar surface area (TPSA) is 96.0 Å². The number of amides is 2. The average molecular weight is 494 g/mol. The Kier molecular flexibility index (Phi) is 7.48. The third-order valence-corrected chi connectivity index (χ3v) is 6.83. The van der Waals surface area contributed by atoms with Crippen LogP contribution in [0.5, 0.6) is 0 Å². The van der Waals surface area contributed by atoms with Crippen LogP contribution < -0.4 is 9.62 Å². The molecular formula is C26H27N3O5S. The van der Waals surface area contributed by atoms with Crippen molar-refractivity contribution in [1.82, 2.24) is 4.90 Å². The maximum absolute atomic E-state index is 12.9. The van der Waals surface area contributed by atoms with Crippen molar-refractivity contribution in [2.75, 3.05) is 42.2 Å². The van der Waals surface area contributed by atoms with E-state index in [1.807, 2.05) is 6.07 Å². The second-order valence-electron chi connectivity index (χ2n) is 8.21. The third kappa shape index (κ3) is 6.06. The van der Waals surface area contributed by atoms with Gasteiger partial charge >= 0.3 is 0 Å². The number of sulfonamides is 1. The van der Waals surface area contributed by atoms with E-state index in [0.717, 1.165) is 11.8 Å². The first-order valence-electron chi connectivity index (χ1n) is 11.2. The standard InChI is InChI=1S/C26H27N3O5S/c1-35(32,33)29(22-7-3-2-4-8-22)19-20-11-13-21(14-12-20)25(30)27-24-10-6-5-9-23(24)26(31)28-15-17-34-18-16-28/h2-14H,15-19H2,1H3,(H,27,30). The number of carbonyl (C=O) groups is 2. The summed E-state index contributed by atoms with van der Waals surface area (Å²) in [6.45, 7) is 2.15. The van der Waals surface area contributed by atoms with Gasteiger partial charge in [-0.2, -0.15) is 0 Å². The second-order valence-corrected chi connectivity index (χ2v) is 10.1. The zero-order valence-corrected chi connectivity index (χ0v) is 20.2. The van der Waals surface area contributed by atoms with Gasteiger partial charge in [-0.05, 0) is 42.0 Å². The number of hydrogen-bond acceptors (Lipinski definition) is 5. The number of ether oxygens (including phenoxy) is 1. The molecule has 0 radical (unpaired) electrons. The molecule has 0 aromatic heterocycles. The zero-order valence-electron chi connectivity index (χ0n) is 19.4. The molecule has 0 atom stereocenters. The highest BCUT2D eigenvalue weighted by Crippen LogP contribution is 2.22. The van der Waals surface area contributed by atoms with Crippen LogP contribution in [0.2, 0.25) is 0 Å². The lowest BCUT2D eigenvalue weighted by atomic mass is 10.1. The number of benzene rings is 3. The van der Waals surface area contributed by atoms with E-state index >= 15 is 0 Å². The van der Waals surface area contributed by atoms with E-state index < -0.39 is 10.0 Å². The SMILES string of the molecule is CS(=O)(=O)N(Cc1ccc(C(=O)Nc2ccccc2C(=O)N2CCOCC2)cc1)c1ccccc1. The van der Waals surface area contributed by atoms with Crippen LogP contribution in [-0.2, 0) is 21.3 Å². The Labute approximate surface area is 205 Å². The van der Waals surface area contributed by atoms with E-state index in [2.05, 4.69) is 5.32 Å². The number of anilines is 2. The summed E-state index contributed by atoms with van der Waals surface area (Å²) in [5, 5.41) is 2.83. The predicted molar refractivity (Wildman–Crippen MR) is 135 cm³/mol. The summed E-state index contributed by atoms with van der Waals surface area (Å²) in [5.41, 5.74) is 2.56. The van der Waals surface area contributed by atoms with Crippen molar-refractivity contribution in [2.45, 2.75) is 6.54 Å². The summed E-state index contributed by atoms with van der Waals surface area (Å²) in [5.74, 6) is -0.511. The highest BCUT2D eigenvalue weighted by molar-refractivity contribution is 7.92. The van der Waals surface area contributed by atoms with Crippen LogP contribution in [0.1, 0.15) is 26.3 Å². The highest BCUT2D eigenvalue weighted by Gasteiger charge is 2.22. The molecule has 1 aliphatic rings. The van der Waals surface area contributed by atoms with Gasteiger partial charge in [-0.25, -0.2) is 8.42 Å². The van der Waals surface area contributed by atoms with Gasteiger partial charge in [-0.15, -0.1) is 0 Å². The largest absolute Gasteiger partial charge is 0.378 e. The molecule has 0 aliphatic carbocycles. The van der Waals surface area contributed by atoms with E-state index in [-0.39, 0.29) is 18.4 Å². The number of morpholine rings is 1. The molecule has 3 aromatic rings. The van der Waals surface area contributed by atoms with Crippen LogP contribution in [0.4, 0.5) is 11.4 Å². The minimum atomic E-state index is -3.50. The minimum Gasteiger partial charge on any atom is -0.378 e. The Morgan fingerprint density at radius 3 is 2.20 bits per heavy atom. The van der Waals surface area contributed by atoms with Gasteiger partial charge in [0, 0.05) is 18.7 Å². The molecule has 3 aromatic carbocycles. The lowest BCUT2D eigenvalue weighted by molar-refractivity contribution is 0.0303. The molecule has 0 unspecified atom stereocenters. The minimum absolute atomic E-state index is 0.141. The Balaban J connectivity index is 1.48. The van der Waals surface area contributed by atoms with Crippen molar-refractivity contribution in [3.63, 3.8) is 0 Å². The summed E-state index contributed by atoms with van der Waals surface area (Å²) in [7, 11) is -3.50. The number of carbonyl (C=O) groups excluding carboxylic acids is 2. The van der Waals surface area contributed by atoms with Crippen LogP contribution in [0.15, 0.2) is 78.9 Å². The lowest BCUT2D eigenvalue weighted by Crippen LogP contribution is -2.41. The molecular weight excluding hydrogens is 466 g/mol. The van der Waals surface area contributed by atoms with Crippen molar-refractivity contribution >= 4 is 33.2 Å². The van der Waals surface area contributed by atoms with Gasteiger partial charge < -0.3 is 15.0 Å². The van der Waals surface area contributed by atoms with Gasteiger partial charge in [-0.3, -0.25) is 13.9 Å². The fraction of sp³-hybridized carbons (Fsp3) is 0.231. The second kappa shape index (κ2) is 10.7. The van der Waals surface area contributed by atoms with E-state index in [1.165, 1.54) is 4.31 Å². The van der Waals surface area contributed by atoms with Gasteiger partial charge in [-0.1, -0.05) is 42.5 Å². The summed E-state index contributed by atoms with van der Waals surface area (Å²) in [6, 6.07) is 22.5. The number of nitrogens with one attached hydrogen (secondary N) is 1. The van der Waals surface area contributed by atoms with Crippen LogP contribution in [0.3, 0.4) is 0 Å². The Morgan fingerprint density at radius 2 is 1.54 bits per heavy atom. The van der Waals surface area contributed by atoms with E-state index in [9.17, 15) is 18.0 Å². The number of hydrogen-bond donors (Lipinski definition) is 1. The van der Waals surface area contributed by atoms with Crippen molar-refractivity contribution in [3.05, 3.63) is 95.6 Å². The van der Waals surface area contributed by atoms with Crippen LogP contribution in [0, 0.1) is 0 Å². The van der Waals surface area contributed by atoms with Gasteiger partial charge in [0.15, 0.2) is 0 Å². The van der Waals surface area contributed by atoms with Crippen LogP contribution >= 0.6 is 0 Å². The van der Waals surface area contributed by atoms with E-state index in [1.54, 1.807) is 77.7 Å². The fourth-order valence-corrected chi connectivity index (χ4v) is 4.72. The first kappa shape index (κ1) is 24.4.